The van der Waals surface area contributed by atoms with Crippen molar-refractivity contribution in [3.05, 3.63) is 11.9 Å². The second-order valence-electron chi connectivity index (χ2n) is 4.51. The topological polar surface area (TPSA) is 39.1 Å². The Balaban J connectivity index is 2.87. The molecule has 5 heteroatoms. The number of nitrogens with zero attached hydrogens (tertiary/aromatic N) is 2. The average Bonchev–Trinajstić information content (AvgIpc) is 2.81. The van der Waals surface area contributed by atoms with E-state index in [2.05, 4.69) is 35.9 Å². The van der Waals surface area contributed by atoms with Crippen molar-refractivity contribution < 1.29 is 4.74 Å². The molecule has 0 bridgehead atoms. The Morgan fingerprint density at radius 3 is 2.74 bits per heavy atom. The summed E-state index contributed by atoms with van der Waals surface area (Å²) in [5, 5.41) is 8.01. The molecule has 1 unspecified atom stereocenters. The quantitative estimate of drug-likeness (QED) is 0.671. The molecule has 1 aromatic rings. The van der Waals surface area contributed by atoms with Crippen molar-refractivity contribution in [2.24, 2.45) is 0 Å². The van der Waals surface area contributed by atoms with Crippen LogP contribution in [0.5, 0.6) is 5.75 Å². The molecule has 1 aromatic heterocycles. The molecule has 4 nitrogen and oxygen atoms in total. The van der Waals surface area contributed by atoms with E-state index < -0.39 is 0 Å². The predicted octanol–water partition coefficient (Wildman–Crippen LogP) is 3.10. The number of thioether (sulfide) groups is 1. The number of methoxy groups -OCH3 is 1. The van der Waals surface area contributed by atoms with E-state index in [1.165, 1.54) is 17.9 Å². The van der Waals surface area contributed by atoms with Crippen LogP contribution in [-0.2, 0) is 6.54 Å². The average molecular weight is 285 g/mol. The maximum absolute atomic E-state index is 5.47. The van der Waals surface area contributed by atoms with E-state index in [1.807, 2.05) is 18.0 Å². The molecule has 0 aliphatic rings. The van der Waals surface area contributed by atoms with Gasteiger partial charge in [0.1, 0.15) is 0 Å². The van der Waals surface area contributed by atoms with E-state index in [0.717, 1.165) is 31.0 Å². The third kappa shape index (κ3) is 4.73. The Morgan fingerprint density at radius 1 is 1.37 bits per heavy atom. The van der Waals surface area contributed by atoms with Crippen molar-refractivity contribution >= 4 is 11.8 Å². The van der Waals surface area contributed by atoms with Crippen molar-refractivity contribution in [3.8, 4) is 5.75 Å². The summed E-state index contributed by atoms with van der Waals surface area (Å²) >= 11 is 1.99. The summed E-state index contributed by atoms with van der Waals surface area (Å²) < 4.78 is 7.56. The van der Waals surface area contributed by atoms with Gasteiger partial charge in [-0.25, -0.2) is 0 Å². The second kappa shape index (κ2) is 9.26. The van der Waals surface area contributed by atoms with Crippen molar-refractivity contribution in [2.45, 2.75) is 46.2 Å². The van der Waals surface area contributed by atoms with Crippen LogP contribution in [0.1, 0.15) is 45.3 Å². The van der Waals surface area contributed by atoms with Gasteiger partial charge in [-0.3, -0.25) is 4.68 Å². The zero-order chi connectivity index (χ0) is 14.1. The molecule has 0 aliphatic carbocycles. The van der Waals surface area contributed by atoms with Gasteiger partial charge in [-0.2, -0.15) is 16.9 Å². The number of aryl methyl sites for hydroxylation is 1. The highest BCUT2D eigenvalue weighted by molar-refractivity contribution is 7.99. The first kappa shape index (κ1) is 16.4. The zero-order valence-electron chi connectivity index (χ0n) is 12.6. The Labute approximate surface area is 121 Å². The van der Waals surface area contributed by atoms with E-state index in [-0.39, 0.29) is 0 Å². The maximum atomic E-state index is 5.47. The first-order valence-electron chi connectivity index (χ1n) is 7.19. The summed E-state index contributed by atoms with van der Waals surface area (Å²) in [5.41, 5.74) is 1.19. The lowest BCUT2D eigenvalue weighted by atomic mass is 10.2. The third-order valence-electron chi connectivity index (χ3n) is 2.91. The molecule has 0 fully saturated rings. The lowest BCUT2D eigenvalue weighted by molar-refractivity contribution is 0.396. The van der Waals surface area contributed by atoms with Gasteiger partial charge < -0.3 is 10.1 Å². The smallest absolute Gasteiger partial charge is 0.161 e. The normalized spacial score (nSPS) is 12.6. The van der Waals surface area contributed by atoms with Crippen molar-refractivity contribution in [2.75, 3.05) is 25.2 Å². The second-order valence-corrected chi connectivity index (χ2v) is 5.66. The van der Waals surface area contributed by atoms with Gasteiger partial charge in [-0.15, -0.1) is 0 Å². The van der Waals surface area contributed by atoms with Crippen LogP contribution in [0.15, 0.2) is 6.20 Å². The summed E-state index contributed by atoms with van der Waals surface area (Å²) in [4.78, 5) is 0. The minimum absolute atomic E-state index is 0.311. The molecular weight excluding hydrogens is 258 g/mol. The summed E-state index contributed by atoms with van der Waals surface area (Å²) in [6.45, 7) is 8.44. The fourth-order valence-corrected chi connectivity index (χ4v) is 3.07. The number of rotatable bonds is 10. The molecule has 1 N–H and O–H groups in total. The van der Waals surface area contributed by atoms with Crippen LogP contribution in [-0.4, -0.2) is 34.9 Å². The van der Waals surface area contributed by atoms with Crippen molar-refractivity contribution in [3.63, 3.8) is 0 Å². The molecule has 0 radical (unpaired) electrons. The Morgan fingerprint density at radius 2 is 2.16 bits per heavy atom. The van der Waals surface area contributed by atoms with E-state index in [0.29, 0.717) is 6.04 Å². The lowest BCUT2D eigenvalue weighted by Crippen LogP contribution is -2.26. The van der Waals surface area contributed by atoms with E-state index >= 15 is 0 Å². The highest BCUT2D eigenvalue weighted by Crippen LogP contribution is 2.28. The first-order chi connectivity index (χ1) is 9.28. The fourth-order valence-electron chi connectivity index (χ4n) is 2.10. The molecule has 0 saturated carbocycles. The van der Waals surface area contributed by atoms with Crippen LogP contribution in [0.4, 0.5) is 0 Å². The number of nitrogens with one attached hydrogen (secondary N) is 1. The fraction of sp³-hybridized carbons (Fsp3) is 0.786. The lowest BCUT2D eigenvalue weighted by Gasteiger charge is -2.20. The standard InChI is InChI=1S/C14H27N3OS/c1-5-8-17-14(13(18-4)10-16-17)12(15-7-3)11-19-9-6-2/h10,12,15H,5-9,11H2,1-4H3. The highest BCUT2D eigenvalue weighted by atomic mass is 32.2. The monoisotopic (exact) mass is 285 g/mol. The molecule has 0 aromatic carbocycles. The van der Waals surface area contributed by atoms with Gasteiger partial charge in [0.2, 0.25) is 0 Å². The molecule has 0 aliphatic heterocycles. The van der Waals surface area contributed by atoms with Crippen molar-refractivity contribution in [1.82, 2.24) is 15.1 Å². The minimum Gasteiger partial charge on any atom is -0.493 e. The van der Waals surface area contributed by atoms with Crippen LogP contribution in [0.2, 0.25) is 0 Å². The predicted molar refractivity (Wildman–Crippen MR) is 83.1 cm³/mol. The van der Waals surface area contributed by atoms with Gasteiger partial charge in [0.15, 0.2) is 5.75 Å². The number of aromatic nitrogens is 2. The van der Waals surface area contributed by atoms with Crippen LogP contribution in [0, 0.1) is 0 Å². The summed E-state index contributed by atoms with van der Waals surface area (Å²) in [5.74, 6) is 3.16. The van der Waals surface area contributed by atoms with Gasteiger partial charge in [0.25, 0.3) is 0 Å². The molecule has 19 heavy (non-hydrogen) atoms. The molecule has 0 amide bonds. The van der Waals surface area contributed by atoms with Crippen LogP contribution >= 0.6 is 11.8 Å². The summed E-state index contributed by atoms with van der Waals surface area (Å²) in [6.07, 6.45) is 4.13. The molecule has 110 valence electrons. The zero-order valence-corrected chi connectivity index (χ0v) is 13.4. The Hall–Kier alpha value is -0.680. The van der Waals surface area contributed by atoms with E-state index in [9.17, 15) is 0 Å². The Bertz CT molecular complexity index is 354. The van der Waals surface area contributed by atoms with E-state index in [4.69, 9.17) is 4.74 Å². The van der Waals surface area contributed by atoms with Crippen molar-refractivity contribution in [1.29, 1.82) is 0 Å². The largest absolute Gasteiger partial charge is 0.493 e. The molecule has 1 heterocycles. The molecule has 0 saturated heterocycles. The minimum atomic E-state index is 0.311. The Kier molecular flexibility index (Phi) is 7.98. The number of hydrogen-bond acceptors (Lipinski definition) is 4. The van der Waals surface area contributed by atoms with Gasteiger partial charge in [-0.05, 0) is 25.1 Å². The maximum Gasteiger partial charge on any atom is 0.161 e. The van der Waals surface area contributed by atoms with E-state index in [1.54, 1.807) is 7.11 Å². The van der Waals surface area contributed by atoms with Crippen LogP contribution in [0.25, 0.3) is 0 Å². The molecule has 0 spiro atoms. The van der Waals surface area contributed by atoms with Crippen LogP contribution in [0.3, 0.4) is 0 Å². The molecular formula is C14H27N3OS. The van der Waals surface area contributed by atoms with Gasteiger partial charge >= 0.3 is 0 Å². The number of ether oxygens (including phenoxy) is 1. The third-order valence-corrected chi connectivity index (χ3v) is 4.18. The highest BCUT2D eigenvalue weighted by Gasteiger charge is 2.20. The first-order valence-corrected chi connectivity index (χ1v) is 8.34. The van der Waals surface area contributed by atoms with Gasteiger partial charge in [-0.1, -0.05) is 20.8 Å². The van der Waals surface area contributed by atoms with Gasteiger partial charge in [0, 0.05) is 12.3 Å². The molecule has 1 atom stereocenters. The SMILES string of the molecule is CCCSCC(NCC)c1c(OC)cnn1CCC. The van der Waals surface area contributed by atoms with Crippen LogP contribution < -0.4 is 10.1 Å². The summed E-state index contributed by atoms with van der Waals surface area (Å²) in [6, 6.07) is 0.311. The van der Waals surface area contributed by atoms with Gasteiger partial charge in [0.05, 0.1) is 25.0 Å². The molecule has 1 rings (SSSR count). The number of hydrogen-bond donors (Lipinski definition) is 1. The summed E-state index contributed by atoms with van der Waals surface area (Å²) in [7, 11) is 1.72.